The van der Waals surface area contributed by atoms with Crippen molar-refractivity contribution in [1.82, 2.24) is 14.6 Å². The fourth-order valence-electron chi connectivity index (χ4n) is 2.93. The van der Waals surface area contributed by atoms with E-state index in [0.29, 0.717) is 15.6 Å². The Kier molecular flexibility index (Phi) is 3.71. The number of pyridine rings is 1. The van der Waals surface area contributed by atoms with Crippen LogP contribution in [0.2, 0.25) is 4.34 Å². The highest BCUT2D eigenvalue weighted by Gasteiger charge is 2.25. The van der Waals surface area contributed by atoms with Gasteiger partial charge in [-0.15, -0.1) is 5.10 Å². The average molecular weight is 346 g/mol. The third-order valence-corrected chi connectivity index (χ3v) is 4.96. The molecule has 0 bridgehead atoms. The summed E-state index contributed by atoms with van der Waals surface area (Å²) in [5.74, 6) is -0.356. The van der Waals surface area contributed by atoms with E-state index in [0.717, 1.165) is 53.0 Å². The number of para-hydroxylation sites is 1. The molecule has 116 valence electrons. The van der Waals surface area contributed by atoms with E-state index in [9.17, 15) is 4.79 Å². The third-order valence-electron chi connectivity index (χ3n) is 3.97. The first kappa shape index (κ1) is 14.5. The van der Waals surface area contributed by atoms with E-state index in [1.54, 1.807) is 0 Å². The van der Waals surface area contributed by atoms with E-state index in [4.69, 9.17) is 16.3 Å². The van der Waals surface area contributed by atoms with Gasteiger partial charge in [-0.2, -0.15) is 0 Å². The molecule has 0 radical (unpaired) electrons. The van der Waals surface area contributed by atoms with Crippen LogP contribution in [0, 0.1) is 0 Å². The SMILES string of the molecule is O=C(OCc1nnsc1Cl)c1c2c(nc3ccccc13)CCC2. The van der Waals surface area contributed by atoms with Crippen molar-refractivity contribution in [3.05, 3.63) is 51.1 Å². The lowest BCUT2D eigenvalue weighted by molar-refractivity contribution is 0.0469. The summed E-state index contributed by atoms with van der Waals surface area (Å²) in [6.07, 6.45) is 2.78. The quantitative estimate of drug-likeness (QED) is 0.679. The number of hydrogen-bond acceptors (Lipinski definition) is 6. The maximum Gasteiger partial charge on any atom is 0.339 e. The van der Waals surface area contributed by atoms with Crippen LogP contribution >= 0.6 is 23.1 Å². The van der Waals surface area contributed by atoms with Gasteiger partial charge in [0.1, 0.15) is 16.6 Å². The summed E-state index contributed by atoms with van der Waals surface area (Å²) in [5, 5.41) is 4.70. The Morgan fingerprint density at radius 2 is 2.17 bits per heavy atom. The molecule has 2 heterocycles. The summed E-state index contributed by atoms with van der Waals surface area (Å²) in [6.45, 7) is 0.0274. The smallest absolute Gasteiger partial charge is 0.339 e. The Morgan fingerprint density at radius 3 is 3.00 bits per heavy atom. The zero-order valence-corrected chi connectivity index (χ0v) is 13.7. The molecule has 0 fully saturated rings. The van der Waals surface area contributed by atoms with Gasteiger partial charge in [0.15, 0.2) is 0 Å². The molecule has 1 aliphatic rings. The molecule has 2 aromatic heterocycles. The number of halogens is 1. The molecule has 0 N–H and O–H groups in total. The van der Waals surface area contributed by atoms with Crippen molar-refractivity contribution in [1.29, 1.82) is 0 Å². The summed E-state index contributed by atoms with van der Waals surface area (Å²) in [7, 11) is 0. The van der Waals surface area contributed by atoms with Crippen molar-refractivity contribution in [3.8, 4) is 0 Å². The molecule has 0 saturated carbocycles. The summed E-state index contributed by atoms with van der Waals surface area (Å²) < 4.78 is 9.63. The highest BCUT2D eigenvalue weighted by atomic mass is 35.5. The summed E-state index contributed by atoms with van der Waals surface area (Å²) in [6, 6.07) is 7.66. The maximum atomic E-state index is 12.7. The Bertz CT molecular complexity index is 909. The second-order valence-corrected chi connectivity index (χ2v) is 6.71. The third kappa shape index (κ3) is 2.58. The molecule has 1 aromatic carbocycles. The number of esters is 1. The number of aryl methyl sites for hydroxylation is 1. The second kappa shape index (κ2) is 5.86. The highest BCUT2D eigenvalue weighted by molar-refractivity contribution is 7.10. The van der Waals surface area contributed by atoms with Crippen molar-refractivity contribution in [2.24, 2.45) is 0 Å². The lowest BCUT2D eigenvalue weighted by Crippen LogP contribution is -2.11. The van der Waals surface area contributed by atoms with E-state index in [1.165, 1.54) is 0 Å². The second-order valence-electron chi connectivity index (χ2n) is 5.35. The van der Waals surface area contributed by atoms with Gasteiger partial charge in [-0.3, -0.25) is 4.98 Å². The van der Waals surface area contributed by atoms with E-state index in [-0.39, 0.29) is 12.6 Å². The van der Waals surface area contributed by atoms with Crippen molar-refractivity contribution in [3.63, 3.8) is 0 Å². The lowest BCUT2D eigenvalue weighted by atomic mass is 10.0. The van der Waals surface area contributed by atoms with Crippen LogP contribution in [0.5, 0.6) is 0 Å². The van der Waals surface area contributed by atoms with Gasteiger partial charge in [-0.25, -0.2) is 4.79 Å². The fourth-order valence-corrected chi connectivity index (χ4v) is 3.53. The monoisotopic (exact) mass is 345 g/mol. The normalized spacial score (nSPS) is 13.3. The Hall–Kier alpha value is -2.05. The number of carbonyl (C=O) groups excluding carboxylic acids is 1. The topological polar surface area (TPSA) is 65.0 Å². The first-order valence-corrected chi connectivity index (χ1v) is 8.43. The molecule has 0 spiro atoms. The van der Waals surface area contributed by atoms with Crippen LogP contribution in [0.3, 0.4) is 0 Å². The van der Waals surface area contributed by atoms with Gasteiger partial charge in [0, 0.05) is 22.6 Å². The molecule has 4 rings (SSSR count). The standard InChI is InChI=1S/C16H12ClN3O2S/c17-15-13(19-20-23-15)8-22-16(21)14-9-4-1-2-6-11(9)18-12-7-3-5-10(12)14/h1-2,4,6H,3,5,7-8H2. The molecule has 7 heteroatoms. The van der Waals surface area contributed by atoms with Crippen molar-refractivity contribution < 1.29 is 9.53 Å². The minimum atomic E-state index is -0.356. The van der Waals surface area contributed by atoms with Gasteiger partial charge in [0.2, 0.25) is 0 Å². The molecule has 0 unspecified atom stereocenters. The van der Waals surface area contributed by atoms with E-state index < -0.39 is 0 Å². The van der Waals surface area contributed by atoms with Crippen LogP contribution in [0.15, 0.2) is 24.3 Å². The van der Waals surface area contributed by atoms with Gasteiger partial charge in [-0.1, -0.05) is 34.3 Å². The maximum absolute atomic E-state index is 12.7. The van der Waals surface area contributed by atoms with Crippen LogP contribution in [0.1, 0.15) is 33.7 Å². The van der Waals surface area contributed by atoms with Gasteiger partial charge >= 0.3 is 5.97 Å². The molecular weight excluding hydrogens is 334 g/mol. The molecule has 0 saturated heterocycles. The number of aromatic nitrogens is 3. The highest BCUT2D eigenvalue weighted by Crippen LogP contribution is 2.30. The number of fused-ring (bicyclic) bond motifs is 2. The molecule has 3 aromatic rings. The molecular formula is C16H12ClN3O2S. The average Bonchev–Trinajstić information content (AvgIpc) is 3.18. The summed E-state index contributed by atoms with van der Waals surface area (Å²) >= 11 is 7.03. The van der Waals surface area contributed by atoms with E-state index in [1.807, 2.05) is 24.3 Å². The molecule has 0 atom stereocenters. The van der Waals surface area contributed by atoms with Gasteiger partial charge < -0.3 is 4.74 Å². The molecule has 0 amide bonds. The number of rotatable bonds is 3. The largest absolute Gasteiger partial charge is 0.455 e. The molecule has 23 heavy (non-hydrogen) atoms. The minimum Gasteiger partial charge on any atom is -0.455 e. The Balaban J connectivity index is 1.72. The minimum absolute atomic E-state index is 0.0274. The van der Waals surface area contributed by atoms with E-state index >= 15 is 0 Å². The van der Waals surface area contributed by atoms with Crippen LogP contribution in [-0.2, 0) is 24.2 Å². The number of carbonyl (C=O) groups is 1. The zero-order chi connectivity index (χ0) is 15.8. The van der Waals surface area contributed by atoms with Crippen LogP contribution in [0.25, 0.3) is 10.9 Å². The van der Waals surface area contributed by atoms with Crippen LogP contribution in [-0.4, -0.2) is 20.5 Å². The Labute approximate surface area is 141 Å². The first-order chi connectivity index (χ1) is 11.2. The summed E-state index contributed by atoms with van der Waals surface area (Å²) in [4.78, 5) is 17.4. The fraction of sp³-hybridized carbons (Fsp3) is 0.250. The number of benzene rings is 1. The zero-order valence-electron chi connectivity index (χ0n) is 12.1. The molecule has 5 nitrogen and oxygen atoms in total. The van der Waals surface area contributed by atoms with E-state index in [2.05, 4.69) is 14.6 Å². The van der Waals surface area contributed by atoms with Gasteiger partial charge in [0.25, 0.3) is 0 Å². The van der Waals surface area contributed by atoms with Gasteiger partial charge in [-0.05, 0) is 30.9 Å². The van der Waals surface area contributed by atoms with Gasteiger partial charge in [0.05, 0.1) is 11.1 Å². The molecule has 1 aliphatic carbocycles. The Morgan fingerprint density at radius 1 is 1.30 bits per heavy atom. The van der Waals surface area contributed by atoms with Crippen LogP contribution < -0.4 is 0 Å². The number of hydrogen-bond donors (Lipinski definition) is 0. The predicted octanol–water partition coefficient (Wildman–Crippen LogP) is 3.59. The molecule has 0 aliphatic heterocycles. The summed E-state index contributed by atoms with van der Waals surface area (Å²) in [5.41, 5.74) is 3.95. The lowest BCUT2D eigenvalue weighted by Gasteiger charge is -2.11. The number of ether oxygens (including phenoxy) is 1. The van der Waals surface area contributed by atoms with Crippen molar-refractivity contribution in [2.75, 3.05) is 0 Å². The van der Waals surface area contributed by atoms with Crippen LogP contribution in [0.4, 0.5) is 0 Å². The number of nitrogens with zero attached hydrogens (tertiary/aromatic N) is 3. The predicted molar refractivity (Wildman–Crippen MR) is 87.8 cm³/mol. The van der Waals surface area contributed by atoms with Crippen molar-refractivity contribution in [2.45, 2.75) is 25.9 Å². The van der Waals surface area contributed by atoms with Crippen molar-refractivity contribution >= 4 is 40.0 Å². The first-order valence-electron chi connectivity index (χ1n) is 7.28.